The average Bonchev–Trinajstić information content (AvgIpc) is 2.80. The lowest BCUT2D eigenvalue weighted by Crippen LogP contribution is -2.41. The van der Waals surface area contributed by atoms with Gasteiger partial charge in [0.05, 0.1) is 11.9 Å². The molecule has 7 nitrogen and oxygen atoms in total. The van der Waals surface area contributed by atoms with Crippen LogP contribution in [0, 0.1) is 0 Å². The number of amides is 1. The van der Waals surface area contributed by atoms with Crippen LogP contribution in [0.3, 0.4) is 0 Å². The molecule has 1 heterocycles. The first-order valence-electron chi connectivity index (χ1n) is 11.5. The molecular weight excluding hydrogens is 495 g/mol. The molecule has 1 aliphatic rings. The second-order valence-corrected chi connectivity index (χ2v) is 8.88. The van der Waals surface area contributed by atoms with Gasteiger partial charge >= 0.3 is 6.36 Å². The molecule has 1 aliphatic carbocycles. The summed E-state index contributed by atoms with van der Waals surface area (Å²) in [6.45, 7) is 0. The molecule has 0 radical (unpaired) electrons. The molecule has 0 bridgehead atoms. The Bertz CT molecular complexity index is 1180. The predicted octanol–water partition coefficient (Wildman–Crippen LogP) is 5.10. The van der Waals surface area contributed by atoms with Crippen LogP contribution < -0.4 is 20.3 Å². The van der Waals surface area contributed by atoms with Crippen LogP contribution in [0.4, 0.5) is 24.9 Å². The molecule has 0 atom stereocenters. The van der Waals surface area contributed by atoms with Crippen molar-refractivity contribution in [3.63, 3.8) is 0 Å². The van der Waals surface area contributed by atoms with Crippen molar-refractivity contribution >= 4 is 41.0 Å². The Labute approximate surface area is 213 Å². The molecule has 0 spiro atoms. The lowest BCUT2D eigenvalue weighted by molar-refractivity contribution is -0.274. The Balaban J connectivity index is 0.00000361. The summed E-state index contributed by atoms with van der Waals surface area (Å²) in [5.41, 5.74) is 1.06. The van der Waals surface area contributed by atoms with Crippen molar-refractivity contribution in [1.82, 2.24) is 15.3 Å². The van der Waals surface area contributed by atoms with Gasteiger partial charge in [0.2, 0.25) is 11.9 Å². The third kappa shape index (κ3) is 7.13. The summed E-state index contributed by atoms with van der Waals surface area (Å²) in [6.07, 6.45) is -1.86. The minimum atomic E-state index is -4.81. The first kappa shape index (κ1) is 27.3. The molecule has 2 N–H and O–H groups in total. The van der Waals surface area contributed by atoms with E-state index in [1.165, 1.54) is 18.2 Å². The number of fused-ring (bicyclic) bond motifs is 1. The maximum absolute atomic E-state index is 12.6. The van der Waals surface area contributed by atoms with Gasteiger partial charge in [-0.25, -0.2) is 4.98 Å². The molecule has 4 rings (SSSR count). The molecule has 0 saturated heterocycles. The molecule has 1 amide bonds. The molecule has 2 aromatic carbocycles. The number of hydrogen-bond donors (Lipinski definition) is 2. The van der Waals surface area contributed by atoms with E-state index >= 15 is 0 Å². The number of rotatable bonds is 7. The standard InChI is InChI=1S/C25H28F3N5O2.ClH/c1-33(2)23-19-8-4-5-9-20(19)31-24(32-23)30-18-13-11-17(12-14-18)29-22(34)15-16-7-3-6-10-21(16)35-25(26,27)28;/h3-10,17-18H,11-15H2,1-2H3,(H,29,34)(H,30,31,32);1H. The van der Waals surface area contributed by atoms with Gasteiger partial charge in [-0.05, 0) is 43.9 Å². The number of carbonyl (C=O) groups excluding carboxylic acids is 1. The SMILES string of the molecule is CN(C)c1nc(NC2CCC(NC(=O)Cc3ccccc3OC(F)(F)F)CC2)nc2ccccc12.Cl. The van der Waals surface area contributed by atoms with Crippen LogP contribution in [0.1, 0.15) is 31.2 Å². The highest BCUT2D eigenvalue weighted by molar-refractivity contribution is 5.90. The van der Waals surface area contributed by atoms with E-state index < -0.39 is 6.36 Å². The second kappa shape index (κ2) is 11.6. The monoisotopic (exact) mass is 523 g/mol. The Morgan fingerprint density at radius 2 is 1.64 bits per heavy atom. The molecule has 11 heteroatoms. The van der Waals surface area contributed by atoms with Crippen LogP contribution in [0.25, 0.3) is 10.9 Å². The summed E-state index contributed by atoms with van der Waals surface area (Å²) in [7, 11) is 3.89. The maximum atomic E-state index is 12.6. The molecule has 1 fully saturated rings. The molecular formula is C25H29ClF3N5O2. The van der Waals surface area contributed by atoms with Crippen molar-refractivity contribution in [1.29, 1.82) is 0 Å². The van der Waals surface area contributed by atoms with E-state index in [1.807, 2.05) is 43.3 Å². The number of para-hydroxylation sites is 2. The van der Waals surface area contributed by atoms with E-state index in [9.17, 15) is 18.0 Å². The summed E-state index contributed by atoms with van der Waals surface area (Å²) < 4.78 is 41.9. The molecule has 0 aliphatic heterocycles. The van der Waals surface area contributed by atoms with Crippen LogP contribution >= 0.6 is 12.4 Å². The predicted molar refractivity (Wildman–Crippen MR) is 136 cm³/mol. The van der Waals surface area contributed by atoms with Gasteiger partial charge in [-0.3, -0.25) is 4.79 Å². The highest BCUT2D eigenvalue weighted by Crippen LogP contribution is 2.28. The topological polar surface area (TPSA) is 79.4 Å². The normalized spacial score (nSPS) is 17.7. The van der Waals surface area contributed by atoms with E-state index in [0.29, 0.717) is 5.95 Å². The quantitative estimate of drug-likeness (QED) is 0.449. The first-order chi connectivity index (χ1) is 16.7. The summed E-state index contributed by atoms with van der Waals surface area (Å²) in [4.78, 5) is 23.8. The zero-order valence-corrected chi connectivity index (χ0v) is 20.8. The van der Waals surface area contributed by atoms with Crippen LogP contribution in [0.2, 0.25) is 0 Å². The van der Waals surface area contributed by atoms with E-state index in [1.54, 1.807) is 6.07 Å². The number of ether oxygens (including phenoxy) is 1. The Morgan fingerprint density at radius 1 is 1.00 bits per heavy atom. The van der Waals surface area contributed by atoms with Crippen molar-refractivity contribution in [2.45, 2.75) is 50.6 Å². The Morgan fingerprint density at radius 3 is 2.33 bits per heavy atom. The molecule has 3 aromatic rings. The molecule has 36 heavy (non-hydrogen) atoms. The number of alkyl halides is 3. The summed E-state index contributed by atoms with van der Waals surface area (Å²) in [6, 6.07) is 13.7. The fourth-order valence-electron chi connectivity index (χ4n) is 4.36. The summed E-state index contributed by atoms with van der Waals surface area (Å²) >= 11 is 0. The minimum Gasteiger partial charge on any atom is -0.405 e. The van der Waals surface area contributed by atoms with Crippen molar-refractivity contribution in [2.24, 2.45) is 0 Å². The van der Waals surface area contributed by atoms with Gasteiger partial charge in [-0.15, -0.1) is 25.6 Å². The largest absolute Gasteiger partial charge is 0.573 e. The Kier molecular flexibility index (Phi) is 8.84. The van der Waals surface area contributed by atoms with Gasteiger partial charge in [0, 0.05) is 37.1 Å². The summed E-state index contributed by atoms with van der Waals surface area (Å²) in [5.74, 6) is 0.735. The van der Waals surface area contributed by atoms with E-state index in [4.69, 9.17) is 0 Å². The van der Waals surface area contributed by atoms with Gasteiger partial charge in [-0.1, -0.05) is 30.3 Å². The number of nitrogens with one attached hydrogen (secondary N) is 2. The molecule has 1 saturated carbocycles. The number of hydrogen-bond acceptors (Lipinski definition) is 6. The average molecular weight is 524 g/mol. The van der Waals surface area contributed by atoms with Crippen molar-refractivity contribution in [2.75, 3.05) is 24.3 Å². The van der Waals surface area contributed by atoms with Crippen molar-refractivity contribution in [3.8, 4) is 5.75 Å². The van der Waals surface area contributed by atoms with Crippen LogP contribution in [0.15, 0.2) is 48.5 Å². The maximum Gasteiger partial charge on any atom is 0.573 e. The van der Waals surface area contributed by atoms with Crippen molar-refractivity contribution in [3.05, 3.63) is 54.1 Å². The minimum absolute atomic E-state index is 0. The zero-order chi connectivity index (χ0) is 25.0. The zero-order valence-electron chi connectivity index (χ0n) is 20.0. The number of anilines is 2. The third-order valence-corrected chi connectivity index (χ3v) is 5.98. The van der Waals surface area contributed by atoms with Gasteiger partial charge < -0.3 is 20.3 Å². The first-order valence-corrected chi connectivity index (χ1v) is 11.5. The van der Waals surface area contributed by atoms with Gasteiger partial charge in [0.15, 0.2) is 0 Å². The van der Waals surface area contributed by atoms with Gasteiger partial charge in [0.25, 0.3) is 0 Å². The number of carbonyl (C=O) groups is 1. The number of benzene rings is 2. The van der Waals surface area contributed by atoms with Crippen LogP contribution in [-0.2, 0) is 11.2 Å². The van der Waals surface area contributed by atoms with E-state index in [2.05, 4.69) is 25.3 Å². The highest BCUT2D eigenvalue weighted by atomic mass is 35.5. The Hall–Kier alpha value is -3.27. The van der Waals surface area contributed by atoms with Crippen LogP contribution in [0.5, 0.6) is 5.75 Å². The third-order valence-electron chi connectivity index (χ3n) is 5.98. The van der Waals surface area contributed by atoms with E-state index in [-0.39, 0.29) is 48.1 Å². The van der Waals surface area contributed by atoms with Gasteiger partial charge in [0.1, 0.15) is 11.6 Å². The molecule has 0 unspecified atom stereocenters. The van der Waals surface area contributed by atoms with E-state index in [0.717, 1.165) is 42.4 Å². The lowest BCUT2D eigenvalue weighted by atomic mass is 9.91. The number of aromatic nitrogens is 2. The molecule has 1 aromatic heterocycles. The molecule has 194 valence electrons. The summed E-state index contributed by atoms with van der Waals surface area (Å²) in [5, 5.41) is 7.36. The fraction of sp³-hybridized carbons (Fsp3) is 0.400. The number of nitrogens with zero attached hydrogens (tertiary/aromatic N) is 3. The van der Waals surface area contributed by atoms with Gasteiger partial charge in [-0.2, -0.15) is 4.98 Å². The van der Waals surface area contributed by atoms with Crippen LogP contribution in [-0.4, -0.2) is 48.4 Å². The lowest BCUT2D eigenvalue weighted by Gasteiger charge is -2.30. The smallest absolute Gasteiger partial charge is 0.405 e. The highest BCUT2D eigenvalue weighted by Gasteiger charge is 2.32. The second-order valence-electron chi connectivity index (χ2n) is 8.88. The fourth-order valence-corrected chi connectivity index (χ4v) is 4.36. The van der Waals surface area contributed by atoms with Crippen molar-refractivity contribution < 1.29 is 22.7 Å². The number of halogens is 4.